The molecule has 0 radical (unpaired) electrons. The van der Waals surface area contributed by atoms with Gasteiger partial charge in [0.25, 0.3) is 5.91 Å². The van der Waals surface area contributed by atoms with Crippen molar-refractivity contribution in [3.63, 3.8) is 0 Å². The molecule has 0 unspecified atom stereocenters. The number of hydrogen-bond donors (Lipinski definition) is 1. The second-order valence-corrected chi connectivity index (χ2v) is 8.91. The standard InChI is InChI=1S/C23H32N6O2/c1-18-14-21(25-17-24-18)29-9-8-23(31,16-29)15-27(3)22(30)19-4-6-20(7-5-19)28-12-10-26(2)11-13-28/h4-7,14,17,31H,8-13,15-16H2,1-3H3/t23-/m0/s1. The van der Waals surface area contributed by atoms with Crippen LogP contribution in [0.5, 0.6) is 0 Å². The van der Waals surface area contributed by atoms with Crippen LogP contribution in [-0.4, -0.2) is 96.3 Å². The lowest BCUT2D eigenvalue weighted by Crippen LogP contribution is -2.46. The van der Waals surface area contributed by atoms with Gasteiger partial charge in [0, 0.05) is 69.3 Å². The number of nitrogens with zero attached hydrogens (tertiary/aromatic N) is 6. The first kappa shape index (κ1) is 21.5. The van der Waals surface area contributed by atoms with Crippen molar-refractivity contribution in [2.24, 2.45) is 0 Å². The number of likely N-dealkylation sites (N-methyl/N-ethyl adjacent to an activating group) is 2. The Kier molecular flexibility index (Phi) is 6.11. The van der Waals surface area contributed by atoms with E-state index in [1.807, 2.05) is 37.3 Å². The Balaban J connectivity index is 1.36. The summed E-state index contributed by atoms with van der Waals surface area (Å²) >= 11 is 0. The molecule has 0 saturated carbocycles. The topological polar surface area (TPSA) is 76.0 Å². The summed E-state index contributed by atoms with van der Waals surface area (Å²) in [5, 5.41) is 11.1. The van der Waals surface area contributed by atoms with Gasteiger partial charge in [0.1, 0.15) is 17.7 Å². The molecule has 3 heterocycles. The molecule has 0 aliphatic carbocycles. The van der Waals surface area contributed by atoms with Crippen molar-refractivity contribution in [2.75, 3.05) is 69.7 Å². The minimum absolute atomic E-state index is 0.0744. The molecule has 8 nitrogen and oxygen atoms in total. The van der Waals surface area contributed by atoms with Crippen LogP contribution < -0.4 is 9.80 Å². The van der Waals surface area contributed by atoms with Gasteiger partial charge in [-0.05, 0) is 44.7 Å². The van der Waals surface area contributed by atoms with E-state index in [0.717, 1.165) is 43.4 Å². The number of aromatic nitrogens is 2. The lowest BCUT2D eigenvalue weighted by Gasteiger charge is -2.34. The molecule has 1 atom stereocenters. The molecule has 8 heteroatoms. The minimum atomic E-state index is -0.955. The first-order valence-electron chi connectivity index (χ1n) is 10.9. The highest BCUT2D eigenvalue weighted by Gasteiger charge is 2.38. The Hall–Kier alpha value is -2.71. The van der Waals surface area contributed by atoms with Gasteiger partial charge in [-0.2, -0.15) is 0 Å². The zero-order valence-electron chi connectivity index (χ0n) is 18.7. The second-order valence-electron chi connectivity index (χ2n) is 8.91. The van der Waals surface area contributed by atoms with E-state index >= 15 is 0 Å². The maximum Gasteiger partial charge on any atom is 0.253 e. The van der Waals surface area contributed by atoms with Crippen molar-refractivity contribution in [1.82, 2.24) is 19.8 Å². The van der Waals surface area contributed by atoms with E-state index in [0.29, 0.717) is 25.1 Å². The van der Waals surface area contributed by atoms with Gasteiger partial charge in [-0.3, -0.25) is 4.79 Å². The van der Waals surface area contributed by atoms with E-state index in [2.05, 4.69) is 31.7 Å². The molecule has 2 fully saturated rings. The Morgan fingerprint density at radius 1 is 1.10 bits per heavy atom. The summed E-state index contributed by atoms with van der Waals surface area (Å²) in [7, 11) is 3.90. The Labute approximate surface area is 184 Å². The fourth-order valence-electron chi connectivity index (χ4n) is 4.41. The van der Waals surface area contributed by atoms with Gasteiger partial charge in [0.05, 0.1) is 6.54 Å². The van der Waals surface area contributed by atoms with Crippen LogP contribution >= 0.6 is 0 Å². The van der Waals surface area contributed by atoms with Crippen molar-refractivity contribution in [2.45, 2.75) is 18.9 Å². The molecule has 0 spiro atoms. The van der Waals surface area contributed by atoms with Crippen LogP contribution in [0.3, 0.4) is 0 Å². The summed E-state index contributed by atoms with van der Waals surface area (Å²) < 4.78 is 0. The van der Waals surface area contributed by atoms with Gasteiger partial charge in [-0.1, -0.05) is 0 Å². The third-order valence-corrected chi connectivity index (χ3v) is 6.31. The zero-order chi connectivity index (χ0) is 22.0. The van der Waals surface area contributed by atoms with Crippen molar-refractivity contribution in [3.8, 4) is 0 Å². The van der Waals surface area contributed by atoms with Gasteiger partial charge in [-0.15, -0.1) is 0 Å². The van der Waals surface area contributed by atoms with Crippen LogP contribution in [0.1, 0.15) is 22.5 Å². The summed E-state index contributed by atoms with van der Waals surface area (Å²) in [6.45, 7) is 7.46. The Bertz CT molecular complexity index is 913. The molecular formula is C23H32N6O2. The fourth-order valence-corrected chi connectivity index (χ4v) is 4.41. The van der Waals surface area contributed by atoms with Gasteiger partial charge in [0.15, 0.2) is 0 Å². The highest BCUT2D eigenvalue weighted by molar-refractivity contribution is 5.94. The average molecular weight is 425 g/mol. The Morgan fingerprint density at radius 2 is 1.81 bits per heavy atom. The number of carbonyl (C=O) groups is 1. The Morgan fingerprint density at radius 3 is 2.48 bits per heavy atom. The molecule has 31 heavy (non-hydrogen) atoms. The number of hydrogen-bond acceptors (Lipinski definition) is 7. The number of β-amino-alcohol motifs (C(OH)–C–C–N with tert-alkyl or cyclic N) is 1. The van der Waals surface area contributed by atoms with Crippen LogP contribution in [0.4, 0.5) is 11.5 Å². The van der Waals surface area contributed by atoms with Gasteiger partial charge in [-0.25, -0.2) is 9.97 Å². The first-order valence-corrected chi connectivity index (χ1v) is 10.9. The van der Waals surface area contributed by atoms with Crippen molar-refractivity contribution < 1.29 is 9.90 Å². The molecule has 1 N–H and O–H groups in total. The minimum Gasteiger partial charge on any atom is -0.386 e. The van der Waals surface area contributed by atoms with Crippen molar-refractivity contribution in [1.29, 1.82) is 0 Å². The maximum atomic E-state index is 13.0. The average Bonchev–Trinajstić information content (AvgIpc) is 3.15. The lowest BCUT2D eigenvalue weighted by atomic mass is 10.0. The molecule has 2 saturated heterocycles. The van der Waals surface area contributed by atoms with Crippen LogP contribution in [-0.2, 0) is 0 Å². The summed E-state index contributed by atoms with van der Waals surface area (Å²) in [4.78, 5) is 29.8. The number of carbonyl (C=O) groups excluding carboxylic acids is 1. The van der Waals surface area contributed by atoms with E-state index in [4.69, 9.17) is 0 Å². The van der Waals surface area contributed by atoms with Crippen LogP contribution in [0.2, 0.25) is 0 Å². The number of anilines is 2. The number of aryl methyl sites for hydroxylation is 1. The first-order chi connectivity index (χ1) is 14.8. The third kappa shape index (κ3) is 4.97. The lowest BCUT2D eigenvalue weighted by molar-refractivity contribution is 0.0264. The molecule has 0 bridgehead atoms. The van der Waals surface area contributed by atoms with Gasteiger partial charge in [0.2, 0.25) is 0 Å². The van der Waals surface area contributed by atoms with E-state index < -0.39 is 5.60 Å². The number of amides is 1. The molecule has 1 aromatic carbocycles. The molecule has 2 aliphatic rings. The van der Waals surface area contributed by atoms with Crippen LogP contribution in [0.25, 0.3) is 0 Å². The van der Waals surface area contributed by atoms with Crippen LogP contribution in [0.15, 0.2) is 36.7 Å². The molecule has 2 aliphatic heterocycles. The van der Waals surface area contributed by atoms with Gasteiger partial charge >= 0.3 is 0 Å². The molecular weight excluding hydrogens is 392 g/mol. The largest absolute Gasteiger partial charge is 0.386 e. The molecule has 1 aromatic heterocycles. The van der Waals surface area contributed by atoms with Gasteiger partial charge < -0.3 is 24.7 Å². The predicted molar refractivity (Wildman–Crippen MR) is 122 cm³/mol. The summed E-state index contributed by atoms with van der Waals surface area (Å²) in [5.41, 5.74) is 1.73. The monoisotopic (exact) mass is 424 g/mol. The SMILES string of the molecule is Cc1cc(N2CC[C@](O)(CN(C)C(=O)c3ccc(N4CCN(C)CC4)cc3)C2)ncn1. The molecule has 2 aromatic rings. The highest BCUT2D eigenvalue weighted by Crippen LogP contribution is 2.27. The number of piperazine rings is 1. The smallest absolute Gasteiger partial charge is 0.253 e. The van der Waals surface area contributed by atoms with Crippen LogP contribution in [0, 0.1) is 6.92 Å². The fraction of sp³-hybridized carbons (Fsp3) is 0.522. The van der Waals surface area contributed by atoms with Crippen molar-refractivity contribution >= 4 is 17.4 Å². The number of benzene rings is 1. The van der Waals surface area contributed by atoms with E-state index in [9.17, 15) is 9.90 Å². The second kappa shape index (κ2) is 8.80. The highest BCUT2D eigenvalue weighted by atomic mass is 16.3. The van der Waals surface area contributed by atoms with E-state index in [1.54, 1.807) is 18.3 Å². The third-order valence-electron chi connectivity index (χ3n) is 6.31. The molecule has 1 amide bonds. The zero-order valence-corrected chi connectivity index (χ0v) is 18.7. The number of rotatable bonds is 5. The maximum absolute atomic E-state index is 13.0. The summed E-state index contributed by atoms with van der Waals surface area (Å²) in [5.74, 6) is 0.742. The molecule has 166 valence electrons. The summed E-state index contributed by atoms with van der Waals surface area (Å²) in [6.07, 6.45) is 2.14. The predicted octanol–water partition coefficient (Wildman–Crippen LogP) is 1.25. The van der Waals surface area contributed by atoms with Crippen molar-refractivity contribution in [3.05, 3.63) is 47.9 Å². The van der Waals surface area contributed by atoms with E-state index in [1.165, 1.54) is 0 Å². The normalized spacial score (nSPS) is 22.1. The number of aliphatic hydroxyl groups is 1. The molecule has 4 rings (SSSR count). The van der Waals surface area contributed by atoms with E-state index in [-0.39, 0.29) is 12.5 Å². The summed E-state index contributed by atoms with van der Waals surface area (Å²) in [6, 6.07) is 9.75. The quantitative estimate of drug-likeness (QED) is 0.774.